The van der Waals surface area contributed by atoms with Gasteiger partial charge in [-0.2, -0.15) is 0 Å². The average Bonchev–Trinajstić information content (AvgIpc) is 2.54. The van der Waals surface area contributed by atoms with Gasteiger partial charge < -0.3 is 15.7 Å². The quantitative estimate of drug-likeness (QED) is 0.680. The zero-order valence-electron chi connectivity index (χ0n) is 12.8. The molecule has 4 nitrogen and oxygen atoms in total. The fourth-order valence-electron chi connectivity index (χ4n) is 2.57. The number of phenols is 1. The number of urea groups is 1. The number of anilines is 1. The van der Waals surface area contributed by atoms with E-state index < -0.39 is 0 Å². The molecule has 0 saturated carbocycles. The normalized spacial score (nSPS) is 10.5. The third kappa shape index (κ3) is 3.43. The van der Waals surface area contributed by atoms with Crippen LogP contribution in [0.3, 0.4) is 0 Å². The Morgan fingerprint density at radius 3 is 2.57 bits per heavy atom. The second-order valence-corrected chi connectivity index (χ2v) is 5.47. The van der Waals surface area contributed by atoms with Crippen molar-refractivity contribution in [3.05, 3.63) is 71.8 Å². The smallest absolute Gasteiger partial charge is 0.319 e. The maximum Gasteiger partial charge on any atom is 0.319 e. The van der Waals surface area contributed by atoms with Crippen LogP contribution in [0.25, 0.3) is 10.8 Å². The fraction of sp³-hybridized carbons (Fsp3) is 0.105. The lowest BCUT2D eigenvalue weighted by molar-refractivity contribution is 0.252. The molecule has 0 radical (unpaired) electrons. The number of amides is 2. The molecule has 0 bridgehead atoms. The third-order valence-corrected chi connectivity index (χ3v) is 3.68. The Kier molecular flexibility index (Phi) is 4.15. The van der Waals surface area contributed by atoms with Crippen LogP contribution in [0.15, 0.2) is 60.7 Å². The molecule has 2 amide bonds. The van der Waals surface area contributed by atoms with E-state index in [-0.39, 0.29) is 11.8 Å². The highest BCUT2D eigenvalue weighted by Gasteiger charge is 2.07. The van der Waals surface area contributed by atoms with Gasteiger partial charge in [0.15, 0.2) is 0 Å². The van der Waals surface area contributed by atoms with Crippen molar-refractivity contribution in [2.45, 2.75) is 13.5 Å². The number of hydrogen-bond donors (Lipinski definition) is 3. The van der Waals surface area contributed by atoms with Crippen LogP contribution in [0.1, 0.15) is 11.1 Å². The largest absolute Gasteiger partial charge is 0.507 e. The van der Waals surface area contributed by atoms with E-state index in [0.29, 0.717) is 17.6 Å². The maximum atomic E-state index is 12.1. The standard InChI is InChI=1S/C19H18N2O2/c1-13-5-2-6-14(11-13)12-20-19(23)21-17-9-3-8-16-15(17)7-4-10-18(16)22/h2-11,22H,12H2,1H3,(H2,20,21,23). The molecule has 23 heavy (non-hydrogen) atoms. The summed E-state index contributed by atoms with van der Waals surface area (Å²) in [6, 6.07) is 18.4. The first-order valence-corrected chi connectivity index (χ1v) is 7.44. The molecule has 0 aliphatic heterocycles. The second-order valence-electron chi connectivity index (χ2n) is 5.47. The van der Waals surface area contributed by atoms with Crippen LogP contribution in [-0.2, 0) is 6.54 Å². The summed E-state index contributed by atoms with van der Waals surface area (Å²) in [5.41, 5.74) is 2.88. The van der Waals surface area contributed by atoms with Crippen LogP contribution in [0.2, 0.25) is 0 Å². The maximum absolute atomic E-state index is 12.1. The van der Waals surface area contributed by atoms with Crippen molar-refractivity contribution in [3.8, 4) is 5.75 Å². The first-order chi connectivity index (χ1) is 11.1. The molecule has 116 valence electrons. The van der Waals surface area contributed by atoms with E-state index in [1.165, 1.54) is 0 Å². The predicted octanol–water partition coefficient (Wildman–Crippen LogP) is 4.18. The Bertz CT molecular complexity index is 859. The van der Waals surface area contributed by atoms with Crippen molar-refractivity contribution in [1.29, 1.82) is 0 Å². The van der Waals surface area contributed by atoms with Crippen LogP contribution in [0, 0.1) is 6.92 Å². The molecular weight excluding hydrogens is 288 g/mol. The van der Waals surface area contributed by atoms with Gasteiger partial charge in [0.05, 0.1) is 5.69 Å². The molecule has 4 heteroatoms. The molecular formula is C19H18N2O2. The SMILES string of the molecule is Cc1cccc(CNC(=O)Nc2cccc3c(O)cccc23)c1. The third-order valence-electron chi connectivity index (χ3n) is 3.68. The van der Waals surface area contributed by atoms with Gasteiger partial charge in [-0.05, 0) is 24.6 Å². The molecule has 3 aromatic rings. The lowest BCUT2D eigenvalue weighted by Gasteiger charge is -2.11. The second kappa shape index (κ2) is 6.40. The minimum Gasteiger partial charge on any atom is -0.507 e. The summed E-state index contributed by atoms with van der Waals surface area (Å²) in [7, 11) is 0. The van der Waals surface area contributed by atoms with Crippen LogP contribution >= 0.6 is 0 Å². The Morgan fingerprint density at radius 1 is 1.00 bits per heavy atom. The molecule has 0 aliphatic carbocycles. The lowest BCUT2D eigenvalue weighted by atomic mass is 10.1. The Balaban J connectivity index is 1.72. The summed E-state index contributed by atoms with van der Waals surface area (Å²) in [6.07, 6.45) is 0. The predicted molar refractivity (Wildman–Crippen MR) is 92.7 cm³/mol. The van der Waals surface area contributed by atoms with Crippen molar-refractivity contribution in [1.82, 2.24) is 5.32 Å². The molecule has 0 heterocycles. The van der Waals surface area contributed by atoms with Gasteiger partial charge in [-0.1, -0.05) is 54.1 Å². The van der Waals surface area contributed by atoms with E-state index in [9.17, 15) is 9.90 Å². The molecule has 3 aromatic carbocycles. The number of carbonyl (C=O) groups excluding carboxylic acids is 1. The van der Waals surface area contributed by atoms with Gasteiger partial charge in [-0.25, -0.2) is 4.79 Å². The van der Waals surface area contributed by atoms with Gasteiger partial charge in [0, 0.05) is 17.3 Å². The van der Waals surface area contributed by atoms with Gasteiger partial charge in [0.1, 0.15) is 5.75 Å². The van der Waals surface area contributed by atoms with Crippen molar-refractivity contribution in [3.63, 3.8) is 0 Å². The fourth-order valence-corrected chi connectivity index (χ4v) is 2.57. The minimum absolute atomic E-state index is 0.200. The lowest BCUT2D eigenvalue weighted by Crippen LogP contribution is -2.28. The summed E-state index contributed by atoms with van der Waals surface area (Å²) < 4.78 is 0. The number of hydrogen-bond acceptors (Lipinski definition) is 2. The van der Waals surface area contributed by atoms with E-state index >= 15 is 0 Å². The number of nitrogens with one attached hydrogen (secondary N) is 2. The average molecular weight is 306 g/mol. The van der Waals surface area contributed by atoms with Crippen LogP contribution in [0.5, 0.6) is 5.75 Å². The number of benzene rings is 3. The van der Waals surface area contributed by atoms with E-state index in [1.54, 1.807) is 18.2 Å². The van der Waals surface area contributed by atoms with E-state index in [1.807, 2.05) is 49.4 Å². The van der Waals surface area contributed by atoms with Gasteiger partial charge in [-0.3, -0.25) is 0 Å². The van der Waals surface area contributed by atoms with E-state index in [4.69, 9.17) is 0 Å². The number of carbonyl (C=O) groups is 1. The molecule has 0 saturated heterocycles. The number of aromatic hydroxyl groups is 1. The first kappa shape index (κ1) is 14.9. The monoisotopic (exact) mass is 306 g/mol. The Hall–Kier alpha value is -3.01. The van der Waals surface area contributed by atoms with Crippen molar-refractivity contribution >= 4 is 22.5 Å². The Morgan fingerprint density at radius 2 is 1.74 bits per heavy atom. The van der Waals surface area contributed by atoms with Gasteiger partial charge >= 0.3 is 6.03 Å². The van der Waals surface area contributed by atoms with Crippen molar-refractivity contribution in [2.75, 3.05) is 5.32 Å². The van der Waals surface area contributed by atoms with Crippen LogP contribution in [-0.4, -0.2) is 11.1 Å². The topological polar surface area (TPSA) is 61.4 Å². The summed E-state index contributed by atoms with van der Waals surface area (Å²) in [6.45, 7) is 2.48. The first-order valence-electron chi connectivity index (χ1n) is 7.44. The number of rotatable bonds is 3. The molecule has 0 spiro atoms. The molecule has 0 aliphatic rings. The molecule has 3 rings (SSSR count). The molecule has 0 atom stereocenters. The molecule has 0 aromatic heterocycles. The number of fused-ring (bicyclic) bond motifs is 1. The minimum atomic E-state index is -0.276. The van der Waals surface area contributed by atoms with Crippen LogP contribution < -0.4 is 10.6 Å². The molecule has 0 fully saturated rings. The summed E-state index contributed by atoms with van der Waals surface area (Å²) >= 11 is 0. The van der Waals surface area contributed by atoms with Crippen molar-refractivity contribution < 1.29 is 9.90 Å². The highest BCUT2D eigenvalue weighted by atomic mass is 16.3. The molecule has 3 N–H and O–H groups in total. The van der Waals surface area contributed by atoms with Gasteiger partial charge in [-0.15, -0.1) is 0 Å². The van der Waals surface area contributed by atoms with E-state index in [0.717, 1.165) is 16.5 Å². The zero-order chi connectivity index (χ0) is 16.2. The van der Waals surface area contributed by atoms with Crippen molar-refractivity contribution in [2.24, 2.45) is 0 Å². The highest BCUT2D eigenvalue weighted by Crippen LogP contribution is 2.29. The summed E-state index contributed by atoms with van der Waals surface area (Å²) in [5.74, 6) is 0.200. The molecule has 0 unspecified atom stereocenters. The Labute approximate surface area is 134 Å². The van der Waals surface area contributed by atoms with E-state index in [2.05, 4.69) is 10.6 Å². The van der Waals surface area contributed by atoms with Gasteiger partial charge in [0.25, 0.3) is 0 Å². The van der Waals surface area contributed by atoms with Crippen LogP contribution in [0.4, 0.5) is 10.5 Å². The number of aryl methyl sites for hydroxylation is 1. The number of phenolic OH excluding ortho intramolecular Hbond substituents is 1. The van der Waals surface area contributed by atoms with Gasteiger partial charge in [0.2, 0.25) is 0 Å². The summed E-state index contributed by atoms with van der Waals surface area (Å²) in [5, 5.41) is 17.1. The summed E-state index contributed by atoms with van der Waals surface area (Å²) in [4.78, 5) is 12.1. The highest BCUT2D eigenvalue weighted by molar-refractivity contribution is 6.03. The zero-order valence-corrected chi connectivity index (χ0v) is 12.8.